The Kier molecular flexibility index (Phi) is 5.32. The van der Waals surface area contributed by atoms with E-state index in [1.165, 1.54) is 17.8 Å². The third-order valence-corrected chi connectivity index (χ3v) is 4.97. The van der Waals surface area contributed by atoms with E-state index < -0.39 is 0 Å². The minimum Gasteiger partial charge on any atom is -0.497 e. The van der Waals surface area contributed by atoms with Gasteiger partial charge >= 0.3 is 5.63 Å². The summed E-state index contributed by atoms with van der Waals surface area (Å²) in [5.74, 6) is 1.30. The maximum Gasteiger partial charge on any atom is 0.336 e. The highest BCUT2D eigenvalue weighted by molar-refractivity contribution is 8.13. The first-order valence-electron chi connectivity index (χ1n) is 8.11. The molecule has 2 aromatic carbocycles. The Balaban J connectivity index is 1.83. The SMILES string of the molecule is COc1ccc(N=C(N)SCc2cc(=O)oc3cc(C)c(C)cc23)cc1. The molecule has 0 amide bonds. The lowest BCUT2D eigenvalue weighted by molar-refractivity contribution is 0.415. The van der Waals surface area contributed by atoms with E-state index in [1.54, 1.807) is 7.11 Å². The zero-order valence-electron chi connectivity index (χ0n) is 14.9. The largest absolute Gasteiger partial charge is 0.497 e. The molecule has 5 nitrogen and oxygen atoms in total. The third-order valence-electron chi connectivity index (χ3n) is 4.13. The molecule has 0 saturated heterocycles. The molecule has 0 aliphatic heterocycles. The van der Waals surface area contributed by atoms with Crippen molar-refractivity contribution >= 4 is 33.6 Å². The second-order valence-electron chi connectivity index (χ2n) is 5.96. The molecule has 0 spiro atoms. The van der Waals surface area contributed by atoms with E-state index >= 15 is 0 Å². The first-order valence-corrected chi connectivity index (χ1v) is 9.10. The number of aliphatic imine (C=N–C) groups is 1. The van der Waals surface area contributed by atoms with E-state index in [2.05, 4.69) is 4.99 Å². The zero-order valence-corrected chi connectivity index (χ0v) is 15.7. The number of benzene rings is 2. The monoisotopic (exact) mass is 368 g/mol. The van der Waals surface area contributed by atoms with Gasteiger partial charge in [-0.3, -0.25) is 0 Å². The number of thioether (sulfide) groups is 1. The summed E-state index contributed by atoms with van der Waals surface area (Å²) in [6.45, 7) is 4.03. The van der Waals surface area contributed by atoms with Crippen molar-refractivity contribution in [2.45, 2.75) is 19.6 Å². The molecule has 0 radical (unpaired) electrons. The fourth-order valence-corrected chi connectivity index (χ4v) is 3.28. The Labute approximate surface area is 155 Å². The molecule has 0 bridgehead atoms. The van der Waals surface area contributed by atoms with Gasteiger partial charge in [-0.1, -0.05) is 11.8 Å². The lowest BCUT2D eigenvalue weighted by Crippen LogP contribution is -2.07. The summed E-state index contributed by atoms with van der Waals surface area (Å²) in [5, 5.41) is 1.36. The van der Waals surface area contributed by atoms with Crippen LogP contribution in [0.15, 0.2) is 56.7 Å². The van der Waals surface area contributed by atoms with E-state index in [-0.39, 0.29) is 5.63 Å². The summed E-state index contributed by atoms with van der Waals surface area (Å²) < 4.78 is 10.5. The van der Waals surface area contributed by atoms with Gasteiger partial charge < -0.3 is 14.9 Å². The summed E-state index contributed by atoms with van der Waals surface area (Å²) in [6.07, 6.45) is 0. The molecule has 0 aliphatic carbocycles. The van der Waals surface area contributed by atoms with Gasteiger partial charge in [0.1, 0.15) is 11.3 Å². The molecule has 0 aliphatic rings. The van der Waals surface area contributed by atoms with Crippen LogP contribution in [0.2, 0.25) is 0 Å². The van der Waals surface area contributed by atoms with Gasteiger partial charge in [-0.15, -0.1) is 0 Å². The minimum absolute atomic E-state index is 0.359. The standard InChI is InChI=1S/C20H20N2O3S/c1-12-8-17-14(10-19(23)25-18(17)9-13(12)2)11-26-20(21)22-15-4-6-16(24-3)7-5-15/h4-10H,11H2,1-3H3,(H2,21,22). The highest BCUT2D eigenvalue weighted by Crippen LogP contribution is 2.25. The van der Waals surface area contributed by atoms with Crippen LogP contribution in [-0.2, 0) is 5.75 Å². The summed E-state index contributed by atoms with van der Waals surface area (Å²) in [7, 11) is 1.62. The molecule has 1 heterocycles. The fraction of sp³-hybridized carbons (Fsp3) is 0.200. The second kappa shape index (κ2) is 7.66. The quantitative estimate of drug-likeness (QED) is 0.422. The molecule has 3 rings (SSSR count). The molecule has 0 unspecified atom stereocenters. The second-order valence-corrected chi connectivity index (χ2v) is 6.96. The number of nitrogens with zero attached hydrogens (tertiary/aromatic N) is 1. The van der Waals surface area contributed by atoms with Crippen molar-refractivity contribution in [1.29, 1.82) is 0 Å². The molecule has 26 heavy (non-hydrogen) atoms. The van der Waals surface area contributed by atoms with Gasteiger partial charge in [0.15, 0.2) is 5.17 Å². The Morgan fingerprint density at radius 1 is 1.15 bits per heavy atom. The van der Waals surface area contributed by atoms with Crippen molar-refractivity contribution in [2.75, 3.05) is 7.11 Å². The predicted octanol–water partition coefficient (Wildman–Crippen LogP) is 4.30. The number of hydrogen-bond acceptors (Lipinski definition) is 5. The molecular weight excluding hydrogens is 348 g/mol. The smallest absolute Gasteiger partial charge is 0.336 e. The van der Waals surface area contributed by atoms with Crippen LogP contribution in [0.3, 0.4) is 0 Å². The third kappa shape index (κ3) is 4.08. The molecule has 1 aromatic heterocycles. The molecule has 134 valence electrons. The maximum absolute atomic E-state index is 11.8. The number of aryl methyl sites for hydroxylation is 2. The van der Waals surface area contributed by atoms with Crippen LogP contribution in [-0.4, -0.2) is 12.3 Å². The van der Waals surface area contributed by atoms with Crippen LogP contribution in [0.4, 0.5) is 5.69 Å². The van der Waals surface area contributed by atoms with E-state index in [1.807, 2.05) is 50.2 Å². The number of ether oxygens (including phenoxy) is 1. The molecule has 6 heteroatoms. The summed E-state index contributed by atoms with van der Waals surface area (Å²) in [5.41, 5.74) is 10.2. The molecule has 0 fully saturated rings. The van der Waals surface area contributed by atoms with Crippen LogP contribution in [0.25, 0.3) is 11.0 Å². The number of amidine groups is 1. The van der Waals surface area contributed by atoms with Gasteiger partial charge in [0, 0.05) is 17.2 Å². The van der Waals surface area contributed by atoms with Crippen LogP contribution < -0.4 is 16.1 Å². The first-order chi connectivity index (χ1) is 12.5. The minimum atomic E-state index is -0.359. The zero-order chi connectivity index (χ0) is 18.7. The van der Waals surface area contributed by atoms with Gasteiger partial charge in [-0.25, -0.2) is 9.79 Å². The van der Waals surface area contributed by atoms with Crippen molar-refractivity contribution in [3.8, 4) is 5.75 Å². The predicted molar refractivity (Wildman–Crippen MR) is 108 cm³/mol. The normalized spacial score (nSPS) is 11.7. The van der Waals surface area contributed by atoms with Crippen molar-refractivity contribution in [2.24, 2.45) is 10.7 Å². The highest BCUT2D eigenvalue weighted by atomic mass is 32.2. The van der Waals surface area contributed by atoms with Crippen molar-refractivity contribution in [3.63, 3.8) is 0 Å². The molecular formula is C20H20N2O3S. The van der Waals surface area contributed by atoms with Crippen LogP contribution in [0.5, 0.6) is 5.75 Å². The molecule has 0 saturated carbocycles. The van der Waals surface area contributed by atoms with E-state index in [0.29, 0.717) is 16.5 Å². The molecule has 2 N–H and O–H groups in total. The summed E-state index contributed by atoms with van der Waals surface area (Å²) in [6, 6.07) is 12.8. The summed E-state index contributed by atoms with van der Waals surface area (Å²) >= 11 is 1.38. The average Bonchev–Trinajstić information content (AvgIpc) is 2.62. The van der Waals surface area contributed by atoms with Gasteiger partial charge in [-0.2, -0.15) is 0 Å². The van der Waals surface area contributed by atoms with Crippen LogP contribution in [0.1, 0.15) is 16.7 Å². The van der Waals surface area contributed by atoms with Crippen molar-refractivity contribution in [1.82, 2.24) is 0 Å². The molecule has 3 aromatic rings. The van der Waals surface area contributed by atoms with E-state index in [4.69, 9.17) is 14.9 Å². The number of methoxy groups -OCH3 is 1. The van der Waals surface area contributed by atoms with E-state index in [9.17, 15) is 4.79 Å². The molecule has 0 atom stereocenters. The topological polar surface area (TPSA) is 77.8 Å². The first kappa shape index (κ1) is 18.1. The Hall–Kier alpha value is -2.73. The van der Waals surface area contributed by atoms with Crippen LogP contribution in [0, 0.1) is 13.8 Å². The van der Waals surface area contributed by atoms with E-state index in [0.717, 1.165) is 33.5 Å². The van der Waals surface area contributed by atoms with Crippen LogP contribution >= 0.6 is 11.8 Å². The Morgan fingerprint density at radius 2 is 1.85 bits per heavy atom. The fourth-order valence-electron chi connectivity index (χ4n) is 2.57. The van der Waals surface area contributed by atoms with Crippen molar-refractivity contribution < 1.29 is 9.15 Å². The maximum atomic E-state index is 11.8. The number of nitrogens with two attached hydrogens (primary N) is 1. The summed E-state index contributed by atoms with van der Waals surface area (Å²) in [4.78, 5) is 16.2. The van der Waals surface area contributed by atoms with Crippen molar-refractivity contribution in [3.05, 3.63) is 69.6 Å². The number of fused-ring (bicyclic) bond motifs is 1. The lowest BCUT2D eigenvalue weighted by Gasteiger charge is -2.08. The number of rotatable bonds is 4. The van der Waals surface area contributed by atoms with Gasteiger partial charge in [0.05, 0.1) is 12.8 Å². The average molecular weight is 368 g/mol. The Bertz CT molecular complexity index is 1020. The highest BCUT2D eigenvalue weighted by Gasteiger charge is 2.09. The Morgan fingerprint density at radius 3 is 2.54 bits per heavy atom. The van der Waals surface area contributed by atoms with Gasteiger partial charge in [-0.05, 0) is 66.9 Å². The number of hydrogen-bond donors (Lipinski definition) is 1. The van der Waals surface area contributed by atoms with Gasteiger partial charge in [0.2, 0.25) is 0 Å². The van der Waals surface area contributed by atoms with Gasteiger partial charge in [0.25, 0.3) is 0 Å². The lowest BCUT2D eigenvalue weighted by atomic mass is 10.0.